The number of carbonyl (C=O) groups is 1. The van der Waals surface area contributed by atoms with Crippen LogP contribution < -0.4 is 4.74 Å². The number of hydrogen-bond acceptors (Lipinski definition) is 5. The first-order valence-corrected chi connectivity index (χ1v) is 15.3. The van der Waals surface area contributed by atoms with Crippen LogP contribution in [0.1, 0.15) is 60.7 Å². The zero-order valence-electron chi connectivity index (χ0n) is 25.2. The predicted molar refractivity (Wildman–Crippen MR) is 168 cm³/mol. The van der Waals surface area contributed by atoms with E-state index in [-0.39, 0.29) is 30.0 Å². The molecule has 1 aliphatic heterocycles. The summed E-state index contributed by atoms with van der Waals surface area (Å²) >= 11 is 0. The number of carboxylic acids is 1. The first kappa shape index (κ1) is 29.4. The third-order valence-corrected chi connectivity index (χ3v) is 8.91. The van der Waals surface area contributed by atoms with Gasteiger partial charge in [-0.3, -0.25) is 4.79 Å². The minimum Gasteiger partial charge on any atom is -0.481 e. The maximum atomic E-state index is 15.6. The fourth-order valence-corrected chi connectivity index (χ4v) is 6.33. The van der Waals surface area contributed by atoms with E-state index >= 15 is 8.78 Å². The van der Waals surface area contributed by atoms with Crippen LogP contribution in [0.3, 0.4) is 0 Å². The molecular weight excluding hydrogens is 590 g/mol. The van der Waals surface area contributed by atoms with E-state index in [0.717, 1.165) is 47.2 Å². The Bertz CT molecular complexity index is 2060. The van der Waals surface area contributed by atoms with Crippen LogP contribution in [0.5, 0.6) is 11.5 Å². The third-order valence-electron chi connectivity index (χ3n) is 8.91. The van der Waals surface area contributed by atoms with Gasteiger partial charge in [-0.05, 0) is 68.0 Å². The summed E-state index contributed by atoms with van der Waals surface area (Å²) in [6.07, 6.45) is 8.92. The summed E-state index contributed by atoms with van der Waals surface area (Å²) < 4.78 is 38.8. The quantitative estimate of drug-likeness (QED) is 0.189. The van der Waals surface area contributed by atoms with Crippen molar-refractivity contribution in [3.8, 4) is 22.9 Å². The van der Waals surface area contributed by atoms with Gasteiger partial charge in [-0.25, -0.2) is 18.4 Å². The van der Waals surface area contributed by atoms with Gasteiger partial charge in [0.2, 0.25) is 0 Å². The Morgan fingerprint density at radius 3 is 2.87 bits per heavy atom. The monoisotopic (exact) mass is 622 g/mol. The molecule has 1 aliphatic rings. The van der Waals surface area contributed by atoms with Gasteiger partial charge in [0.1, 0.15) is 17.4 Å². The van der Waals surface area contributed by atoms with Crippen LogP contribution in [0.4, 0.5) is 8.78 Å². The number of nitrogens with zero attached hydrogens (tertiary/aromatic N) is 4. The molecular formula is C35H32F2N6O3. The Morgan fingerprint density at radius 2 is 2.00 bits per heavy atom. The maximum absolute atomic E-state index is 15.6. The zero-order valence-corrected chi connectivity index (χ0v) is 25.2. The molecule has 0 radical (unpaired) electrons. The van der Waals surface area contributed by atoms with Crippen LogP contribution in [0.2, 0.25) is 0 Å². The second kappa shape index (κ2) is 11.9. The maximum Gasteiger partial charge on any atom is 0.303 e. The molecule has 0 fully saturated rings. The summed E-state index contributed by atoms with van der Waals surface area (Å²) in [6, 6.07) is 15.5. The van der Waals surface area contributed by atoms with Gasteiger partial charge in [-0.2, -0.15) is 0 Å². The van der Waals surface area contributed by atoms with Crippen LogP contribution in [-0.2, 0) is 29.6 Å². The Hall–Kier alpha value is -5.32. The van der Waals surface area contributed by atoms with Crippen LogP contribution in [0.25, 0.3) is 22.3 Å². The number of imidazole rings is 1. The fourth-order valence-electron chi connectivity index (χ4n) is 6.33. The summed E-state index contributed by atoms with van der Waals surface area (Å²) in [6.45, 7) is 2.34. The van der Waals surface area contributed by atoms with Gasteiger partial charge < -0.3 is 19.8 Å². The van der Waals surface area contributed by atoms with Gasteiger partial charge in [0.25, 0.3) is 0 Å². The van der Waals surface area contributed by atoms with Crippen molar-refractivity contribution in [3.05, 3.63) is 113 Å². The van der Waals surface area contributed by atoms with Gasteiger partial charge in [0, 0.05) is 58.7 Å². The molecule has 234 valence electrons. The van der Waals surface area contributed by atoms with Crippen LogP contribution >= 0.6 is 0 Å². The number of rotatable bonds is 4. The number of fused-ring (bicyclic) bond motifs is 10. The highest BCUT2D eigenvalue weighted by Gasteiger charge is 2.31. The minimum absolute atomic E-state index is 0.0262. The largest absolute Gasteiger partial charge is 0.481 e. The number of carboxylic acid groups (broad SMARTS) is 1. The molecule has 0 spiro atoms. The Kier molecular flexibility index (Phi) is 7.59. The number of aromatic nitrogens is 6. The van der Waals surface area contributed by atoms with Crippen molar-refractivity contribution in [3.63, 3.8) is 0 Å². The summed E-state index contributed by atoms with van der Waals surface area (Å²) in [5.74, 6) is -1.32. The van der Waals surface area contributed by atoms with Crippen molar-refractivity contribution in [2.45, 2.75) is 57.4 Å². The Labute approximate surface area is 263 Å². The SMILES string of the molecule is CC1(c2cccc(CCC(=O)O)c2)CCCCc2cn(nn2)Cc2c(c(F)cc3[nH]ccc23)Oc2ccc(F)c(c2)-c2ncc1[nH]2. The number of aryl methyl sites for hydroxylation is 2. The van der Waals surface area contributed by atoms with Gasteiger partial charge in [-0.15, -0.1) is 5.10 Å². The van der Waals surface area contributed by atoms with E-state index in [1.165, 1.54) is 24.3 Å². The Balaban J connectivity index is 1.33. The van der Waals surface area contributed by atoms with Crippen molar-refractivity contribution in [2.75, 3.05) is 0 Å². The highest BCUT2D eigenvalue weighted by molar-refractivity contribution is 5.85. The van der Waals surface area contributed by atoms with Crippen molar-refractivity contribution in [1.82, 2.24) is 29.9 Å². The van der Waals surface area contributed by atoms with Gasteiger partial charge in [0.15, 0.2) is 11.6 Å². The van der Waals surface area contributed by atoms with E-state index in [1.807, 2.05) is 36.5 Å². The summed E-state index contributed by atoms with van der Waals surface area (Å²) in [4.78, 5) is 22.3. The second-order valence-electron chi connectivity index (χ2n) is 12.0. The smallest absolute Gasteiger partial charge is 0.303 e. The van der Waals surface area contributed by atoms with E-state index in [4.69, 9.17) is 4.74 Å². The third kappa shape index (κ3) is 5.64. The standard InChI is InChI=1S/C35H32F2N6O3/c1-35(22-6-4-5-21(15-22)8-11-32(44)45)13-3-2-7-23-19-43(42-41-23)20-27-25-12-14-38-30(25)17-29(37)33(27)46-24-9-10-28(36)26(16-24)34-39-18-31(35)40-34/h4-6,9-10,12,14-19,38H,2-3,7-8,11,13,20H2,1H3,(H,39,40)(H,44,45). The first-order valence-electron chi connectivity index (χ1n) is 15.3. The van der Waals surface area contributed by atoms with Crippen molar-refractivity contribution < 1.29 is 23.4 Å². The molecule has 1 unspecified atom stereocenters. The number of ether oxygens (including phenoxy) is 1. The summed E-state index contributed by atoms with van der Waals surface area (Å²) in [7, 11) is 0. The number of hydrogen-bond donors (Lipinski definition) is 3. The second-order valence-corrected chi connectivity index (χ2v) is 12.0. The Morgan fingerprint density at radius 1 is 1.11 bits per heavy atom. The molecule has 0 amide bonds. The van der Waals surface area contributed by atoms with Crippen LogP contribution in [-0.4, -0.2) is 41.0 Å². The molecule has 4 heterocycles. The van der Waals surface area contributed by atoms with E-state index in [1.54, 1.807) is 17.1 Å². The number of benzene rings is 3. The first-order chi connectivity index (χ1) is 22.3. The summed E-state index contributed by atoms with van der Waals surface area (Å²) in [5.41, 5.74) is 4.41. The molecule has 3 aromatic heterocycles. The molecule has 6 aromatic rings. The summed E-state index contributed by atoms with van der Waals surface area (Å²) in [5, 5.41) is 18.7. The van der Waals surface area contributed by atoms with Crippen LogP contribution in [0, 0.1) is 11.6 Å². The number of H-pyrrole nitrogens is 2. The molecule has 11 heteroatoms. The number of aromatic amines is 2. The van der Waals surface area contributed by atoms with E-state index in [2.05, 4.69) is 32.2 Å². The average Bonchev–Trinajstić information content (AvgIpc) is 3.82. The highest BCUT2D eigenvalue weighted by Crippen LogP contribution is 2.40. The molecule has 9 nitrogen and oxygen atoms in total. The lowest BCUT2D eigenvalue weighted by molar-refractivity contribution is -0.136. The van der Waals surface area contributed by atoms with Crippen molar-refractivity contribution in [2.24, 2.45) is 0 Å². The van der Waals surface area contributed by atoms with E-state index < -0.39 is 23.0 Å². The molecule has 0 saturated carbocycles. The van der Waals surface area contributed by atoms with Crippen LogP contribution in [0.15, 0.2) is 73.2 Å². The number of nitrogens with one attached hydrogen (secondary N) is 2. The van der Waals surface area contributed by atoms with E-state index in [9.17, 15) is 9.90 Å². The van der Waals surface area contributed by atoms with Crippen molar-refractivity contribution >= 4 is 16.9 Å². The molecule has 1 atom stereocenters. The molecule has 6 bridgehead atoms. The van der Waals surface area contributed by atoms with Crippen molar-refractivity contribution in [1.29, 1.82) is 0 Å². The molecule has 7 rings (SSSR count). The topological polar surface area (TPSA) is 122 Å². The normalized spacial score (nSPS) is 16.8. The fraction of sp³-hybridized carbons (Fsp3) is 0.257. The number of halogens is 2. The lowest BCUT2D eigenvalue weighted by Crippen LogP contribution is -2.24. The predicted octanol–water partition coefficient (Wildman–Crippen LogP) is 7.32. The lowest BCUT2D eigenvalue weighted by Gasteiger charge is -2.30. The highest BCUT2D eigenvalue weighted by atomic mass is 19.1. The number of aliphatic carboxylic acids is 1. The minimum atomic E-state index is -0.847. The van der Waals surface area contributed by atoms with Gasteiger partial charge in [-0.1, -0.05) is 35.9 Å². The average molecular weight is 623 g/mol. The molecule has 3 N–H and O–H groups in total. The lowest BCUT2D eigenvalue weighted by atomic mass is 9.75. The molecule has 0 aliphatic carbocycles. The molecule has 0 saturated heterocycles. The van der Waals surface area contributed by atoms with Gasteiger partial charge >= 0.3 is 5.97 Å². The molecule has 46 heavy (non-hydrogen) atoms. The zero-order chi connectivity index (χ0) is 31.8. The van der Waals surface area contributed by atoms with Gasteiger partial charge in [0.05, 0.1) is 17.8 Å². The molecule has 3 aromatic carbocycles. The van der Waals surface area contributed by atoms with E-state index in [0.29, 0.717) is 29.7 Å².